The lowest BCUT2D eigenvalue weighted by atomic mass is 9.91. The Hall–Kier alpha value is -4.78. The highest BCUT2D eigenvalue weighted by atomic mass is 16.5. The Balaban J connectivity index is 1.67. The number of carbonyl (C=O) groups is 4. The van der Waals surface area contributed by atoms with Crippen LogP contribution in [0.25, 0.3) is 10.8 Å². The van der Waals surface area contributed by atoms with Gasteiger partial charge in [0.15, 0.2) is 5.78 Å². The predicted molar refractivity (Wildman–Crippen MR) is 144 cm³/mol. The molecule has 192 valence electrons. The molecule has 0 aromatic heterocycles. The molecule has 1 amide bonds. The van der Waals surface area contributed by atoms with Gasteiger partial charge < -0.3 is 15.2 Å². The standard InChI is InChI=1S/C31H27NO6/c33-20-38-27-17-16-23(26(34)13-7-12-21-8-3-1-4-9-21)28-25(31(36)37)15-14-24(29(27)28)30(35)32-19-18-22-10-5-2-6-11-22/h1-6,8-11,14-17,20H,7,12-13,18-19H2,(H,32,35)(H,36,37). The van der Waals surface area contributed by atoms with E-state index in [0.29, 0.717) is 25.8 Å². The number of benzene rings is 4. The van der Waals surface area contributed by atoms with Crippen LogP contribution in [0.4, 0.5) is 0 Å². The first-order chi connectivity index (χ1) is 18.5. The lowest BCUT2D eigenvalue weighted by Crippen LogP contribution is -2.26. The second-order valence-corrected chi connectivity index (χ2v) is 8.79. The fraction of sp³-hybridized carbons (Fsp3) is 0.161. The van der Waals surface area contributed by atoms with Gasteiger partial charge in [-0.05, 0) is 54.7 Å². The van der Waals surface area contributed by atoms with Gasteiger partial charge in [0.1, 0.15) is 5.75 Å². The van der Waals surface area contributed by atoms with Crippen molar-refractivity contribution in [1.29, 1.82) is 0 Å². The molecule has 4 rings (SSSR count). The number of carboxylic acid groups (broad SMARTS) is 1. The van der Waals surface area contributed by atoms with Crippen LogP contribution in [0.3, 0.4) is 0 Å². The van der Waals surface area contributed by atoms with Gasteiger partial charge in [0, 0.05) is 29.3 Å². The number of carboxylic acids is 1. The zero-order valence-corrected chi connectivity index (χ0v) is 20.7. The van der Waals surface area contributed by atoms with Gasteiger partial charge in [-0.2, -0.15) is 0 Å². The van der Waals surface area contributed by atoms with Gasteiger partial charge in [-0.3, -0.25) is 14.4 Å². The minimum Gasteiger partial charge on any atom is -0.478 e. The van der Waals surface area contributed by atoms with E-state index in [4.69, 9.17) is 4.74 Å². The van der Waals surface area contributed by atoms with E-state index in [0.717, 1.165) is 11.1 Å². The maximum atomic E-state index is 13.3. The molecule has 0 atom stereocenters. The Morgan fingerprint density at radius 3 is 1.97 bits per heavy atom. The van der Waals surface area contributed by atoms with Crippen molar-refractivity contribution in [1.82, 2.24) is 5.32 Å². The average Bonchev–Trinajstić information content (AvgIpc) is 2.93. The highest BCUT2D eigenvalue weighted by Crippen LogP contribution is 2.35. The minimum atomic E-state index is -1.26. The van der Waals surface area contributed by atoms with Gasteiger partial charge in [0.25, 0.3) is 12.4 Å². The Morgan fingerprint density at radius 2 is 1.34 bits per heavy atom. The van der Waals surface area contributed by atoms with E-state index in [9.17, 15) is 24.3 Å². The second kappa shape index (κ2) is 12.5. The molecule has 0 aliphatic rings. The largest absolute Gasteiger partial charge is 0.478 e. The summed E-state index contributed by atoms with van der Waals surface area (Å²) in [5.74, 6) is -1.97. The van der Waals surface area contributed by atoms with E-state index in [1.54, 1.807) is 0 Å². The number of amides is 1. The van der Waals surface area contributed by atoms with Crippen LogP contribution in [0.15, 0.2) is 84.9 Å². The van der Waals surface area contributed by atoms with Crippen molar-refractivity contribution >= 4 is 34.9 Å². The molecule has 0 bridgehead atoms. The highest BCUT2D eigenvalue weighted by Gasteiger charge is 2.24. The number of ketones is 1. The zero-order valence-electron chi connectivity index (χ0n) is 20.7. The number of aromatic carboxylic acids is 1. The van der Waals surface area contributed by atoms with Crippen molar-refractivity contribution < 1.29 is 29.0 Å². The van der Waals surface area contributed by atoms with Gasteiger partial charge in [0.05, 0.1) is 11.1 Å². The predicted octanol–water partition coefficient (Wildman–Crippen LogP) is 5.25. The molecule has 4 aromatic rings. The number of rotatable bonds is 12. The minimum absolute atomic E-state index is 0.00662. The summed E-state index contributed by atoms with van der Waals surface area (Å²) in [5, 5.41) is 12.9. The topological polar surface area (TPSA) is 110 Å². The average molecular weight is 510 g/mol. The third-order valence-electron chi connectivity index (χ3n) is 6.33. The number of hydrogen-bond acceptors (Lipinski definition) is 5. The van der Waals surface area contributed by atoms with Crippen LogP contribution in [-0.2, 0) is 17.6 Å². The van der Waals surface area contributed by atoms with E-state index in [1.165, 1.54) is 24.3 Å². The number of carbonyl (C=O) groups excluding carboxylic acids is 3. The lowest BCUT2D eigenvalue weighted by molar-refractivity contribution is -0.120. The van der Waals surface area contributed by atoms with Crippen molar-refractivity contribution in [2.24, 2.45) is 0 Å². The first-order valence-electron chi connectivity index (χ1n) is 12.3. The molecule has 0 saturated heterocycles. The highest BCUT2D eigenvalue weighted by molar-refractivity contribution is 6.21. The van der Waals surface area contributed by atoms with Gasteiger partial charge in [0.2, 0.25) is 0 Å². The Labute approximate surface area is 220 Å². The molecule has 0 spiro atoms. The number of hydrogen-bond donors (Lipinski definition) is 2. The van der Waals surface area contributed by atoms with E-state index < -0.39 is 11.9 Å². The molecule has 0 fully saturated rings. The second-order valence-electron chi connectivity index (χ2n) is 8.79. The van der Waals surface area contributed by atoms with E-state index >= 15 is 0 Å². The van der Waals surface area contributed by atoms with Crippen LogP contribution < -0.4 is 10.1 Å². The van der Waals surface area contributed by atoms with Crippen LogP contribution in [0.5, 0.6) is 5.75 Å². The summed E-state index contributed by atoms with van der Waals surface area (Å²) in [6, 6.07) is 25.0. The molecule has 0 saturated carbocycles. The third kappa shape index (κ3) is 6.13. The Bertz CT molecular complexity index is 1460. The van der Waals surface area contributed by atoms with E-state index in [2.05, 4.69) is 5.32 Å². The smallest absolute Gasteiger partial charge is 0.336 e. The SMILES string of the molecule is O=COc1ccc(C(=O)CCCc2ccccc2)c2c(C(=O)O)ccc(C(=O)NCCc3ccccc3)c12. The number of ether oxygens (including phenoxy) is 1. The summed E-state index contributed by atoms with van der Waals surface area (Å²) in [4.78, 5) is 49.9. The number of aryl methyl sites for hydroxylation is 1. The molecule has 0 unspecified atom stereocenters. The molecular weight excluding hydrogens is 482 g/mol. The number of nitrogens with one attached hydrogen (secondary N) is 1. The molecule has 4 aromatic carbocycles. The number of fused-ring (bicyclic) bond motifs is 1. The van der Waals surface area contributed by atoms with Gasteiger partial charge in [-0.1, -0.05) is 60.7 Å². The zero-order chi connectivity index (χ0) is 26.9. The molecule has 38 heavy (non-hydrogen) atoms. The first kappa shape index (κ1) is 26.3. The van der Waals surface area contributed by atoms with E-state index in [-0.39, 0.29) is 51.9 Å². The molecule has 7 heteroatoms. The quantitative estimate of drug-likeness (QED) is 0.199. The Morgan fingerprint density at radius 1 is 0.737 bits per heavy atom. The maximum Gasteiger partial charge on any atom is 0.336 e. The summed E-state index contributed by atoms with van der Waals surface area (Å²) >= 11 is 0. The van der Waals surface area contributed by atoms with Gasteiger partial charge in [-0.25, -0.2) is 4.79 Å². The summed E-state index contributed by atoms with van der Waals surface area (Å²) in [5.41, 5.74) is 2.29. The molecule has 2 N–H and O–H groups in total. The van der Waals surface area contributed by atoms with Crippen LogP contribution in [0.2, 0.25) is 0 Å². The summed E-state index contributed by atoms with van der Waals surface area (Å²) in [6.45, 7) is 0.549. The summed E-state index contributed by atoms with van der Waals surface area (Å²) in [6.07, 6.45) is 2.04. The fourth-order valence-corrected chi connectivity index (χ4v) is 4.51. The van der Waals surface area contributed by atoms with Crippen LogP contribution >= 0.6 is 0 Å². The van der Waals surface area contributed by atoms with E-state index in [1.807, 2.05) is 60.7 Å². The summed E-state index contributed by atoms with van der Waals surface area (Å²) < 4.78 is 5.13. The fourth-order valence-electron chi connectivity index (χ4n) is 4.51. The monoisotopic (exact) mass is 509 g/mol. The molecule has 7 nitrogen and oxygen atoms in total. The van der Waals surface area contributed by atoms with Gasteiger partial charge in [-0.15, -0.1) is 0 Å². The first-order valence-corrected chi connectivity index (χ1v) is 12.3. The maximum absolute atomic E-state index is 13.3. The lowest BCUT2D eigenvalue weighted by Gasteiger charge is -2.16. The van der Waals surface area contributed by atoms with Crippen molar-refractivity contribution in [2.45, 2.75) is 25.7 Å². The van der Waals surface area contributed by atoms with Crippen molar-refractivity contribution in [3.05, 3.63) is 113 Å². The molecule has 0 aliphatic carbocycles. The van der Waals surface area contributed by atoms with Crippen molar-refractivity contribution in [3.63, 3.8) is 0 Å². The molecule has 0 aliphatic heterocycles. The Kier molecular flexibility index (Phi) is 8.61. The molecule has 0 heterocycles. The molecule has 0 radical (unpaired) electrons. The van der Waals surface area contributed by atoms with Crippen LogP contribution in [0.1, 0.15) is 55.0 Å². The van der Waals surface area contributed by atoms with Crippen molar-refractivity contribution in [3.8, 4) is 5.75 Å². The van der Waals surface area contributed by atoms with Gasteiger partial charge >= 0.3 is 5.97 Å². The van der Waals surface area contributed by atoms with Crippen LogP contribution in [-0.4, -0.2) is 35.8 Å². The molecular formula is C31H27NO6. The normalized spacial score (nSPS) is 10.6. The number of Topliss-reactive ketones (excluding diaryl/α,β-unsaturated/α-hetero) is 1. The third-order valence-corrected chi connectivity index (χ3v) is 6.33. The van der Waals surface area contributed by atoms with Crippen molar-refractivity contribution in [2.75, 3.05) is 6.54 Å². The summed E-state index contributed by atoms with van der Waals surface area (Å²) in [7, 11) is 0. The van der Waals surface area contributed by atoms with Crippen LogP contribution in [0, 0.1) is 0 Å².